The number of methoxy groups -OCH3 is 1. The van der Waals surface area contributed by atoms with Crippen molar-refractivity contribution in [2.75, 3.05) is 33.4 Å². The third-order valence-electron chi connectivity index (χ3n) is 3.56. The van der Waals surface area contributed by atoms with Gasteiger partial charge in [-0.2, -0.15) is 0 Å². The number of ether oxygens (including phenoxy) is 1. The highest BCUT2D eigenvalue weighted by Crippen LogP contribution is 2.15. The molecule has 1 aliphatic rings. The number of hydrogen-bond acceptors (Lipinski definition) is 4. The van der Waals surface area contributed by atoms with Gasteiger partial charge >= 0.3 is 0 Å². The van der Waals surface area contributed by atoms with E-state index < -0.39 is 0 Å². The highest BCUT2D eigenvalue weighted by atomic mass is 16.5. The number of ketones is 1. The second-order valence-corrected chi connectivity index (χ2v) is 5.75. The molecule has 2 atom stereocenters. The zero-order valence-corrected chi connectivity index (χ0v) is 12.4. The quantitative estimate of drug-likeness (QED) is 0.739. The Morgan fingerprint density at radius 1 is 1.42 bits per heavy atom. The van der Waals surface area contributed by atoms with Crippen LogP contribution in [0.2, 0.25) is 0 Å². The maximum absolute atomic E-state index is 11.9. The highest BCUT2D eigenvalue weighted by molar-refractivity contribution is 5.88. The molecule has 0 aliphatic carbocycles. The minimum absolute atomic E-state index is 0.0158. The summed E-state index contributed by atoms with van der Waals surface area (Å²) in [6.07, 6.45) is 1.07. The van der Waals surface area contributed by atoms with Crippen molar-refractivity contribution in [3.8, 4) is 0 Å². The van der Waals surface area contributed by atoms with E-state index in [1.807, 2.05) is 13.8 Å². The summed E-state index contributed by atoms with van der Waals surface area (Å²) in [5, 5.41) is 2.83. The van der Waals surface area contributed by atoms with Crippen LogP contribution in [-0.4, -0.2) is 56.0 Å². The Hall–Kier alpha value is -0.940. The van der Waals surface area contributed by atoms with Crippen LogP contribution in [0, 0.1) is 11.8 Å². The second-order valence-electron chi connectivity index (χ2n) is 5.75. The first kappa shape index (κ1) is 16.1. The normalized spacial score (nSPS) is 21.6. The van der Waals surface area contributed by atoms with E-state index in [2.05, 4.69) is 10.2 Å². The van der Waals surface area contributed by atoms with Crippen LogP contribution < -0.4 is 5.32 Å². The number of hydrogen-bond donors (Lipinski definition) is 1. The molecule has 19 heavy (non-hydrogen) atoms. The summed E-state index contributed by atoms with van der Waals surface area (Å²) in [6.45, 7) is 8.35. The smallest absolute Gasteiger partial charge is 0.234 e. The number of carbonyl (C=O) groups is 2. The Bertz CT molecular complexity index is 318. The zero-order chi connectivity index (χ0) is 14.4. The lowest BCUT2D eigenvalue weighted by atomic mass is 10.0. The molecule has 1 saturated heterocycles. The third-order valence-corrected chi connectivity index (χ3v) is 3.56. The average molecular weight is 270 g/mol. The molecule has 110 valence electrons. The fraction of sp³-hybridized carbons (Fsp3) is 0.857. The molecule has 1 fully saturated rings. The lowest BCUT2D eigenvalue weighted by Gasteiger charge is -2.22. The topological polar surface area (TPSA) is 58.6 Å². The van der Waals surface area contributed by atoms with Crippen molar-refractivity contribution in [1.82, 2.24) is 10.2 Å². The zero-order valence-electron chi connectivity index (χ0n) is 12.4. The van der Waals surface area contributed by atoms with Crippen molar-refractivity contribution >= 4 is 11.7 Å². The van der Waals surface area contributed by atoms with Gasteiger partial charge in [-0.1, -0.05) is 13.8 Å². The first-order valence-corrected chi connectivity index (χ1v) is 6.95. The van der Waals surface area contributed by atoms with Gasteiger partial charge in [0.2, 0.25) is 5.91 Å². The van der Waals surface area contributed by atoms with Crippen LogP contribution >= 0.6 is 0 Å². The van der Waals surface area contributed by atoms with E-state index in [1.165, 1.54) is 6.92 Å². The first-order chi connectivity index (χ1) is 8.93. The van der Waals surface area contributed by atoms with E-state index in [4.69, 9.17) is 4.74 Å². The van der Waals surface area contributed by atoms with E-state index in [-0.39, 0.29) is 23.7 Å². The minimum atomic E-state index is -0.370. The molecule has 1 rings (SSSR count). The predicted molar refractivity (Wildman–Crippen MR) is 73.9 cm³/mol. The van der Waals surface area contributed by atoms with Gasteiger partial charge in [0.1, 0.15) is 0 Å². The van der Waals surface area contributed by atoms with Crippen LogP contribution in [0.3, 0.4) is 0 Å². The van der Waals surface area contributed by atoms with Crippen LogP contribution in [0.1, 0.15) is 27.2 Å². The average Bonchev–Trinajstić information content (AvgIpc) is 2.73. The van der Waals surface area contributed by atoms with Crippen molar-refractivity contribution in [2.24, 2.45) is 11.8 Å². The van der Waals surface area contributed by atoms with E-state index >= 15 is 0 Å². The van der Waals surface area contributed by atoms with Gasteiger partial charge in [-0.15, -0.1) is 0 Å². The molecule has 2 unspecified atom stereocenters. The standard InChI is InChI=1S/C14H26N2O3/c1-10(2)14(11(3)17)15-13(18)8-16-6-5-12(7-16)9-19-4/h10,12,14H,5-9H2,1-4H3,(H,15,18). The monoisotopic (exact) mass is 270 g/mol. The van der Waals surface area contributed by atoms with Gasteiger partial charge in [0.25, 0.3) is 0 Å². The Morgan fingerprint density at radius 2 is 2.11 bits per heavy atom. The summed E-state index contributed by atoms with van der Waals surface area (Å²) in [5.41, 5.74) is 0. The fourth-order valence-corrected chi connectivity index (χ4v) is 2.59. The minimum Gasteiger partial charge on any atom is -0.384 e. The Morgan fingerprint density at radius 3 is 2.63 bits per heavy atom. The maximum atomic E-state index is 11.9. The maximum Gasteiger partial charge on any atom is 0.234 e. The van der Waals surface area contributed by atoms with Gasteiger partial charge in [-0.05, 0) is 31.7 Å². The predicted octanol–water partition coefficient (Wildman–Crippen LogP) is 0.685. The van der Waals surface area contributed by atoms with Crippen molar-refractivity contribution in [1.29, 1.82) is 0 Å². The van der Waals surface area contributed by atoms with Crippen molar-refractivity contribution in [3.05, 3.63) is 0 Å². The van der Waals surface area contributed by atoms with Crippen molar-refractivity contribution < 1.29 is 14.3 Å². The fourth-order valence-electron chi connectivity index (χ4n) is 2.59. The van der Waals surface area contributed by atoms with Crippen molar-refractivity contribution in [2.45, 2.75) is 33.2 Å². The molecule has 0 radical (unpaired) electrons. The number of Topliss-reactive ketones (excluding diaryl/α,β-unsaturated/α-hetero) is 1. The molecule has 0 aromatic heterocycles. The summed E-state index contributed by atoms with van der Waals surface area (Å²) < 4.78 is 5.13. The van der Waals surface area contributed by atoms with E-state index in [9.17, 15) is 9.59 Å². The van der Waals surface area contributed by atoms with E-state index in [0.29, 0.717) is 12.5 Å². The molecule has 5 heteroatoms. The molecule has 0 saturated carbocycles. The molecule has 1 amide bonds. The Kier molecular flexibility index (Phi) is 6.45. The number of nitrogens with zero attached hydrogens (tertiary/aromatic N) is 1. The van der Waals surface area contributed by atoms with Crippen LogP contribution in [0.5, 0.6) is 0 Å². The summed E-state index contributed by atoms with van der Waals surface area (Å²) in [7, 11) is 1.70. The first-order valence-electron chi connectivity index (χ1n) is 6.95. The summed E-state index contributed by atoms with van der Waals surface area (Å²) in [5.74, 6) is 0.599. The van der Waals surface area contributed by atoms with Gasteiger partial charge in [0.05, 0.1) is 19.2 Å². The summed E-state index contributed by atoms with van der Waals surface area (Å²) in [6, 6.07) is -0.370. The molecule has 1 N–H and O–H groups in total. The number of rotatable bonds is 7. The van der Waals surface area contributed by atoms with E-state index in [0.717, 1.165) is 26.1 Å². The molecular formula is C14H26N2O3. The summed E-state index contributed by atoms with van der Waals surface area (Å²) >= 11 is 0. The lowest BCUT2D eigenvalue weighted by Crippen LogP contribution is -2.47. The molecule has 1 aliphatic heterocycles. The molecule has 0 aromatic rings. The summed E-state index contributed by atoms with van der Waals surface area (Å²) in [4.78, 5) is 25.5. The molecule has 0 spiro atoms. The Balaban J connectivity index is 2.37. The lowest BCUT2D eigenvalue weighted by molar-refractivity contribution is -0.128. The van der Waals surface area contributed by atoms with Gasteiger partial charge in [-0.3, -0.25) is 14.5 Å². The molecule has 0 bridgehead atoms. The van der Waals surface area contributed by atoms with Gasteiger partial charge in [0, 0.05) is 13.7 Å². The van der Waals surface area contributed by atoms with Gasteiger partial charge in [0.15, 0.2) is 5.78 Å². The van der Waals surface area contributed by atoms with Crippen LogP contribution in [0.4, 0.5) is 0 Å². The second kappa shape index (κ2) is 7.60. The number of likely N-dealkylation sites (tertiary alicyclic amines) is 1. The van der Waals surface area contributed by atoms with Gasteiger partial charge in [-0.25, -0.2) is 0 Å². The number of carbonyl (C=O) groups excluding carboxylic acids is 2. The van der Waals surface area contributed by atoms with Crippen molar-refractivity contribution in [3.63, 3.8) is 0 Å². The molecule has 5 nitrogen and oxygen atoms in total. The largest absolute Gasteiger partial charge is 0.384 e. The van der Waals surface area contributed by atoms with Crippen LogP contribution in [0.25, 0.3) is 0 Å². The van der Waals surface area contributed by atoms with E-state index in [1.54, 1.807) is 7.11 Å². The molecule has 1 heterocycles. The Labute approximate surface area is 115 Å². The number of amides is 1. The third kappa shape index (κ3) is 5.28. The van der Waals surface area contributed by atoms with Crippen LogP contribution in [0.15, 0.2) is 0 Å². The molecule has 0 aromatic carbocycles. The van der Waals surface area contributed by atoms with Crippen LogP contribution in [-0.2, 0) is 14.3 Å². The van der Waals surface area contributed by atoms with Gasteiger partial charge < -0.3 is 10.1 Å². The SMILES string of the molecule is COCC1CCN(CC(=O)NC(C(C)=O)C(C)C)C1. The number of nitrogens with one attached hydrogen (secondary N) is 1. The highest BCUT2D eigenvalue weighted by Gasteiger charge is 2.26. The molecular weight excluding hydrogens is 244 g/mol.